The van der Waals surface area contributed by atoms with E-state index in [4.69, 9.17) is 4.74 Å². The van der Waals surface area contributed by atoms with Crippen molar-refractivity contribution in [1.82, 2.24) is 4.57 Å². The van der Waals surface area contributed by atoms with E-state index < -0.39 is 0 Å². The maximum Gasteiger partial charge on any atom is 0.310 e. The molecule has 5 nitrogen and oxygen atoms in total. The number of aromatic nitrogens is 1. The summed E-state index contributed by atoms with van der Waals surface area (Å²) in [5.74, 6) is 0.138. The van der Waals surface area contributed by atoms with Crippen LogP contribution in [0.4, 0.5) is 5.82 Å². The molecule has 0 aliphatic carbocycles. The van der Waals surface area contributed by atoms with Crippen LogP contribution in [0.5, 0.6) is 0 Å². The third-order valence-corrected chi connectivity index (χ3v) is 3.05. The van der Waals surface area contributed by atoms with E-state index in [1.165, 1.54) is 14.0 Å². The summed E-state index contributed by atoms with van der Waals surface area (Å²) >= 11 is 0. The molecule has 0 unspecified atom stereocenters. The molecule has 0 aliphatic rings. The number of fused-ring (bicyclic) bond motifs is 1. The molecule has 0 saturated heterocycles. The molecule has 0 spiro atoms. The Balaban J connectivity index is 2.62. The SMILES string of the molecule is COC(=O)Cc1c(NC(C)=O)n(C)c2ccccc12. The van der Waals surface area contributed by atoms with Crippen LogP contribution in [0, 0.1) is 0 Å². The molecule has 0 bridgehead atoms. The van der Waals surface area contributed by atoms with Crippen LogP contribution in [0.15, 0.2) is 24.3 Å². The first-order valence-electron chi connectivity index (χ1n) is 5.95. The molecule has 2 rings (SSSR count). The Labute approximate surface area is 111 Å². The Kier molecular flexibility index (Phi) is 3.55. The first kappa shape index (κ1) is 13.1. The number of benzene rings is 1. The highest BCUT2D eigenvalue weighted by atomic mass is 16.5. The van der Waals surface area contributed by atoms with Crippen LogP contribution in [0.3, 0.4) is 0 Å². The standard InChI is InChI=1S/C14H16N2O3/c1-9(17)15-14-11(8-13(18)19-3)10-6-4-5-7-12(10)16(14)2/h4-7H,8H2,1-3H3,(H,15,17). The minimum absolute atomic E-state index is 0.132. The predicted octanol–water partition coefficient (Wildman–Crippen LogP) is 1.85. The normalized spacial score (nSPS) is 10.5. The van der Waals surface area contributed by atoms with Gasteiger partial charge in [-0.2, -0.15) is 0 Å². The van der Waals surface area contributed by atoms with Crippen LogP contribution >= 0.6 is 0 Å². The summed E-state index contributed by atoms with van der Waals surface area (Å²) in [7, 11) is 3.21. The second-order valence-corrected chi connectivity index (χ2v) is 4.34. The zero-order chi connectivity index (χ0) is 14.0. The van der Waals surface area contributed by atoms with Gasteiger partial charge in [0.25, 0.3) is 0 Å². The molecule has 5 heteroatoms. The Hall–Kier alpha value is -2.30. The summed E-state index contributed by atoms with van der Waals surface area (Å²) in [6.07, 6.45) is 0.132. The van der Waals surface area contributed by atoms with Crippen molar-refractivity contribution in [2.45, 2.75) is 13.3 Å². The Morgan fingerprint density at radius 1 is 1.32 bits per heavy atom. The Morgan fingerprint density at radius 3 is 2.63 bits per heavy atom. The van der Waals surface area contributed by atoms with Crippen molar-refractivity contribution >= 4 is 28.6 Å². The number of carbonyl (C=O) groups excluding carboxylic acids is 2. The van der Waals surface area contributed by atoms with E-state index in [2.05, 4.69) is 5.32 Å². The number of nitrogens with zero attached hydrogens (tertiary/aromatic N) is 1. The van der Waals surface area contributed by atoms with Crippen molar-refractivity contribution in [1.29, 1.82) is 0 Å². The van der Waals surface area contributed by atoms with Gasteiger partial charge in [-0.3, -0.25) is 9.59 Å². The highest BCUT2D eigenvalue weighted by Crippen LogP contribution is 2.29. The number of carbonyl (C=O) groups is 2. The number of anilines is 1. The maximum atomic E-state index is 11.5. The fraction of sp³-hybridized carbons (Fsp3) is 0.286. The van der Waals surface area contributed by atoms with E-state index in [1.54, 1.807) is 0 Å². The minimum atomic E-state index is -0.331. The molecular weight excluding hydrogens is 244 g/mol. The lowest BCUT2D eigenvalue weighted by molar-refractivity contribution is -0.139. The molecule has 1 heterocycles. The lowest BCUT2D eigenvalue weighted by atomic mass is 10.1. The van der Waals surface area contributed by atoms with Gasteiger partial charge in [-0.15, -0.1) is 0 Å². The van der Waals surface area contributed by atoms with Gasteiger partial charge in [-0.25, -0.2) is 0 Å². The van der Waals surface area contributed by atoms with Gasteiger partial charge >= 0.3 is 5.97 Å². The average Bonchev–Trinajstić information content (AvgIpc) is 2.64. The molecule has 1 amide bonds. The topological polar surface area (TPSA) is 60.3 Å². The minimum Gasteiger partial charge on any atom is -0.469 e. The highest BCUT2D eigenvalue weighted by molar-refractivity contribution is 5.98. The number of aryl methyl sites for hydroxylation is 1. The van der Waals surface area contributed by atoms with Crippen LogP contribution in [-0.4, -0.2) is 23.6 Å². The fourth-order valence-corrected chi connectivity index (χ4v) is 2.19. The molecule has 100 valence electrons. The molecule has 0 saturated carbocycles. The molecule has 1 N–H and O–H groups in total. The smallest absolute Gasteiger partial charge is 0.310 e. The van der Waals surface area contributed by atoms with Crippen LogP contribution in [-0.2, 0) is 27.8 Å². The fourth-order valence-electron chi connectivity index (χ4n) is 2.19. The van der Waals surface area contributed by atoms with Crippen LogP contribution in [0.25, 0.3) is 10.9 Å². The molecule has 1 aromatic carbocycles. The van der Waals surface area contributed by atoms with E-state index in [9.17, 15) is 9.59 Å². The van der Waals surface area contributed by atoms with Crippen molar-refractivity contribution in [3.05, 3.63) is 29.8 Å². The first-order chi connectivity index (χ1) is 9.04. The van der Waals surface area contributed by atoms with Crippen LogP contribution in [0.1, 0.15) is 12.5 Å². The highest BCUT2D eigenvalue weighted by Gasteiger charge is 2.18. The van der Waals surface area contributed by atoms with Gasteiger partial charge in [0.05, 0.1) is 13.5 Å². The molecule has 2 aromatic rings. The third-order valence-electron chi connectivity index (χ3n) is 3.05. The molecular formula is C14H16N2O3. The molecule has 0 aliphatic heterocycles. The van der Waals surface area contributed by atoms with Crippen LogP contribution < -0.4 is 5.32 Å². The number of hydrogen-bond donors (Lipinski definition) is 1. The van der Waals surface area contributed by atoms with E-state index in [1.807, 2.05) is 35.9 Å². The zero-order valence-electron chi connectivity index (χ0n) is 11.2. The van der Waals surface area contributed by atoms with Crippen molar-refractivity contribution in [3.8, 4) is 0 Å². The predicted molar refractivity (Wildman–Crippen MR) is 72.9 cm³/mol. The molecule has 19 heavy (non-hydrogen) atoms. The monoisotopic (exact) mass is 260 g/mol. The van der Waals surface area contributed by atoms with Gasteiger partial charge < -0.3 is 14.6 Å². The second kappa shape index (κ2) is 5.14. The number of hydrogen-bond acceptors (Lipinski definition) is 3. The van der Waals surface area contributed by atoms with Crippen molar-refractivity contribution < 1.29 is 14.3 Å². The average molecular weight is 260 g/mol. The summed E-state index contributed by atoms with van der Waals surface area (Å²) in [6.45, 7) is 1.44. The molecule has 0 radical (unpaired) electrons. The van der Waals surface area contributed by atoms with Crippen molar-refractivity contribution in [3.63, 3.8) is 0 Å². The van der Waals surface area contributed by atoms with Gasteiger partial charge in [0.15, 0.2) is 0 Å². The van der Waals surface area contributed by atoms with Crippen molar-refractivity contribution in [2.24, 2.45) is 7.05 Å². The summed E-state index contributed by atoms with van der Waals surface area (Å²) in [4.78, 5) is 22.8. The number of para-hydroxylation sites is 1. The lowest BCUT2D eigenvalue weighted by Gasteiger charge is -2.07. The van der Waals surface area contributed by atoms with Gasteiger partial charge in [-0.05, 0) is 6.07 Å². The lowest BCUT2D eigenvalue weighted by Crippen LogP contribution is -2.13. The molecule has 0 fully saturated rings. The van der Waals surface area contributed by atoms with E-state index in [0.717, 1.165) is 16.5 Å². The number of amides is 1. The molecule has 0 atom stereocenters. The number of nitrogens with one attached hydrogen (secondary N) is 1. The van der Waals surface area contributed by atoms with Crippen molar-refractivity contribution in [2.75, 3.05) is 12.4 Å². The zero-order valence-corrected chi connectivity index (χ0v) is 11.2. The van der Waals surface area contributed by atoms with Crippen LogP contribution in [0.2, 0.25) is 0 Å². The summed E-state index contributed by atoms with van der Waals surface area (Å²) in [5, 5.41) is 3.72. The largest absolute Gasteiger partial charge is 0.469 e. The number of esters is 1. The van der Waals surface area contributed by atoms with Gasteiger partial charge in [0.1, 0.15) is 5.82 Å². The Morgan fingerprint density at radius 2 is 2.00 bits per heavy atom. The van der Waals surface area contributed by atoms with E-state index >= 15 is 0 Å². The van der Waals surface area contributed by atoms with E-state index in [-0.39, 0.29) is 18.3 Å². The summed E-state index contributed by atoms with van der Waals surface area (Å²) in [5.41, 5.74) is 1.74. The first-order valence-corrected chi connectivity index (χ1v) is 5.95. The summed E-state index contributed by atoms with van der Waals surface area (Å²) < 4.78 is 6.58. The third kappa shape index (κ3) is 2.45. The second-order valence-electron chi connectivity index (χ2n) is 4.34. The number of ether oxygens (including phenoxy) is 1. The quantitative estimate of drug-likeness (QED) is 0.857. The van der Waals surface area contributed by atoms with Gasteiger partial charge in [0, 0.05) is 30.4 Å². The number of rotatable bonds is 3. The Bertz CT molecular complexity index is 643. The summed E-state index contributed by atoms with van der Waals surface area (Å²) in [6, 6.07) is 7.70. The van der Waals surface area contributed by atoms with Gasteiger partial charge in [0.2, 0.25) is 5.91 Å². The van der Waals surface area contributed by atoms with Gasteiger partial charge in [-0.1, -0.05) is 18.2 Å². The maximum absolute atomic E-state index is 11.5. The van der Waals surface area contributed by atoms with E-state index in [0.29, 0.717) is 5.82 Å². The number of methoxy groups -OCH3 is 1. The molecule has 1 aromatic heterocycles.